The molecule has 2 amide bonds. The number of amides is 2. The van der Waals surface area contributed by atoms with Crippen LogP contribution in [0.5, 0.6) is 5.75 Å². The molecule has 0 fully saturated rings. The number of hydrogen-bond acceptors (Lipinski definition) is 5. The molecule has 2 rings (SSSR count). The van der Waals surface area contributed by atoms with Crippen molar-refractivity contribution in [1.29, 1.82) is 0 Å². The van der Waals surface area contributed by atoms with Crippen LogP contribution in [-0.4, -0.2) is 36.0 Å². The van der Waals surface area contributed by atoms with Gasteiger partial charge in [-0.3, -0.25) is 9.59 Å². The van der Waals surface area contributed by atoms with Crippen LogP contribution in [0.1, 0.15) is 20.8 Å². The molecule has 11 heteroatoms. The van der Waals surface area contributed by atoms with E-state index in [4.69, 9.17) is 9.47 Å². The molecule has 32 heavy (non-hydrogen) atoms. The number of halogens is 4. The van der Waals surface area contributed by atoms with Gasteiger partial charge in [-0.15, -0.1) is 0 Å². The molecule has 0 aromatic heterocycles. The fourth-order valence-electron chi connectivity index (χ4n) is 2.32. The van der Waals surface area contributed by atoms with Gasteiger partial charge in [-0.25, -0.2) is 22.4 Å². The molecule has 1 atom stereocenters. The minimum Gasteiger partial charge on any atom is -0.476 e. The van der Waals surface area contributed by atoms with E-state index in [1.807, 2.05) is 5.32 Å². The number of benzene rings is 2. The highest BCUT2D eigenvalue weighted by molar-refractivity contribution is 5.95. The van der Waals surface area contributed by atoms with Gasteiger partial charge >= 0.3 is 5.97 Å². The van der Waals surface area contributed by atoms with Crippen LogP contribution < -0.4 is 15.4 Å². The topological polar surface area (TPSA) is 93.7 Å². The lowest BCUT2D eigenvalue weighted by Crippen LogP contribution is -2.45. The first-order chi connectivity index (χ1) is 14.9. The third-order valence-electron chi connectivity index (χ3n) is 4.06. The third kappa shape index (κ3) is 6.43. The SMILES string of the molecule is CC(OC(=O)C(C)(C)Oc1ccc(F)cc1)C(=O)NCC(=O)Nc1ccc(F)c(F)c1F. The average molecular weight is 456 g/mol. The number of rotatable bonds is 8. The summed E-state index contributed by atoms with van der Waals surface area (Å²) in [6.45, 7) is 3.35. The quantitative estimate of drug-likeness (QED) is 0.362. The third-order valence-corrected chi connectivity index (χ3v) is 4.06. The fraction of sp³-hybridized carbons (Fsp3) is 0.286. The van der Waals surface area contributed by atoms with Crippen LogP contribution in [0.15, 0.2) is 36.4 Å². The van der Waals surface area contributed by atoms with Crippen molar-refractivity contribution < 1.29 is 41.4 Å². The van der Waals surface area contributed by atoms with Crippen molar-refractivity contribution >= 4 is 23.5 Å². The van der Waals surface area contributed by atoms with E-state index in [2.05, 4.69) is 5.32 Å². The Balaban J connectivity index is 1.86. The van der Waals surface area contributed by atoms with Crippen LogP contribution in [0.3, 0.4) is 0 Å². The lowest BCUT2D eigenvalue weighted by Gasteiger charge is -2.26. The number of anilines is 1. The molecule has 0 radical (unpaired) electrons. The number of nitrogens with one attached hydrogen (secondary N) is 2. The molecule has 1 unspecified atom stereocenters. The van der Waals surface area contributed by atoms with E-state index in [1.54, 1.807) is 0 Å². The average Bonchev–Trinajstić information content (AvgIpc) is 2.73. The van der Waals surface area contributed by atoms with E-state index in [9.17, 15) is 31.9 Å². The van der Waals surface area contributed by atoms with Crippen LogP contribution in [0.2, 0.25) is 0 Å². The van der Waals surface area contributed by atoms with Gasteiger partial charge in [0.05, 0.1) is 12.2 Å². The Kier molecular flexibility index (Phi) is 7.79. The minimum absolute atomic E-state index is 0.201. The largest absolute Gasteiger partial charge is 0.476 e. The second-order valence-electron chi connectivity index (χ2n) is 7.10. The maximum atomic E-state index is 13.6. The van der Waals surface area contributed by atoms with Gasteiger partial charge < -0.3 is 20.1 Å². The molecule has 0 heterocycles. The molecule has 0 bridgehead atoms. The van der Waals surface area contributed by atoms with Gasteiger partial charge in [-0.05, 0) is 57.2 Å². The van der Waals surface area contributed by atoms with Crippen molar-refractivity contribution in [1.82, 2.24) is 5.32 Å². The highest BCUT2D eigenvalue weighted by atomic mass is 19.2. The zero-order valence-electron chi connectivity index (χ0n) is 17.3. The zero-order valence-corrected chi connectivity index (χ0v) is 17.3. The van der Waals surface area contributed by atoms with Crippen LogP contribution in [0.25, 0.3) is 0 Å². The summed E-state index contributed by atoms with van der Waals surface area (Å²) >= 11 is 0. The standard InChI is InChI=1S/C21H20F4N2O5/c1-11(31-20(30)21(2,3)32-13-6-4-12(22)5-7-13)19(29)26-10-16(28)27-15-9-8-14(23)17(24)18(15)25/h4-9,11H,10H2,1-3H3,(H,26,29)(H,27,28). The molecular weight excluding hydrogens is 436 g/mol. The molecule has 7 nitrogen and oxygen atoms in total. The Hall–Kier alpha value is -3.63. The molecule has 0 spiro atoms. The molecular formula is C21H20F4N2O5. The Morgan fingerprint density at radius 1 is 0.969 bits per heavy atom. The molecule has 0 saturated carbocycles. The Morgan fingerprint density at radius 2 is 1.59 bits per heavy atom. The smallest absolute Gasteiger partial charge is 0.350 e. The summed E-state index contributed by atoms with van der Waals surface area (Å²) in [5, 5.41) is 4.14. The summed E-state index contributed by atoms with van der Waals surface area (Å²) in [7, 11) is 0. The van der Waals surface area contributed by atoms with Crippen LogP contribution in [0, 0.1) is 23.3 Å². The van der Waals surface area contributed by atoms with E-state index in [0.29, 0.717) is 6.07 Å². The highest BCUT2D eigenvalue weighted by Crippen LogP contribution is 2.21. The van der Waals surface area contributed by atoms with Crippen molar-refractivity contribution in [3.05, 3.63) is 59.7 Å². The van der Waals surface area contributed by atoms with Gasteiger partial charge in [0.15, 0.2) is 29.2 Å². The Bertz CT molecular complexity index is 1010. The molecule has 2 N–H and O–H groups in total. The van der Waals surface area contributed by atoms with Gasteiger partial charge in [-0.2, -0.15) is 0 Å². The minimum atomic E-state index is -1.75. The molecule has 0 aliphatic carbocycles. The lowest BCUT2D eigenvalue weighted by atomic mass is 10.1. The lowest BCUT2D eigenvalue weighted by molar-refractivity contribution is -0.167. The second kappa shape index (κ2) is 10.1. The maximum Gasteiger partial charge on any atom is 0.350 e. The van der Waals surface area contributed by atoms with Crippen molar-refractivity contribution in [3.63, 3.8) is 0 Å². The molecule has 0 aliphatic heterocycles. The normalized spacial score (nSPS) is 12.0. The van der Waals surface area contributed by atoms with Gasteiger partial charge in [0.25, 0.3) is 5.91 Å². The monoisotopic (exact) mass is 456 g/mol. The second-order valence-corrected chi connectivity index (χ2v) is 7.10. The summed E-state index contributed by atoms with van der Waals surface area (Å²) in [6.07, 6.45) is -1.33. The first-order valence-electron chi connectivity index (χ1n) is 9.27. The van der Waals surface area contributed by atoms with Crippen molar-refractivity contribution in [3.8, 4) is 5.75 Å². The predicted molar refractivity (Wildman–Crippen MR) is 105 cm³/mol. The van der Waals surface area contributed by atoms with Crippen molar-refractivity contribution in [2.45, 2.75) is 32.5 Å². The van der Waals surface area contributed by atoms with E-state index < -0.39 is 65.0 Å². The number of carbonyl (C=O) groups is 3. The van der Waals surface area contributed by atoms with E-state index in [-0.39, 0.29) is 5.75 Å². The summed E-state index contributed by atoms with van der Waals surface area (Å²) < 4.78 is 63.2. The van der Waals surface area contributed by atoms with Crippen LogP contribution >= 0.6 is 0 Å². The zero-order chi connectivity index (χ0) is 24.1. The van der Waals surface area contributed by atoms with Crippen molar-refractivity contribution in [2.24, 2.45) is 0 Å². The first kappa shape index (κ1) is 24.6. The number of carbonyl (C=O) groups excluding carboxylic acids is 3. The Labute approximate surface area is 180 Å². The van der Waals surface area contributed by atoms with E-state index >= 15 is 0 Å². The number of ether oxygens (including phenoxy) is 2. The van der Waals surface area contributed by atoms with Gasteiger partial charge in [-0.1, -0.05) is 0 Å². The van der Waals surface area contributed by atoms with Gasteiger partial charge in [0, 0.05) is 0 Å². The summed E-state index contributed by atoms with van der Waals surface area (Å²) in [6, 6.07) is 6.36. The summed E-state index contributed by atoms with van der Waals surface area (Å²) in [4.78, 5) is 36.3. The highest BCUT2D eigenvalue weighted by Gasteiger charge is 2.34. The summed E-state index contributed by atoms with van der Waals surface area (Å²) in [5.41, 5.74) is -2.13. The van der Waals surface area contributed by atoms with E-state index in [0.717, 1.165) is 18.2 Å². The predicted octanol–water partition coefficient (Wildman–Crippen LogP) is 3.09. The molecule has 2 aromatic rings. The first-order valence-corrected chi connectivity index (χ1v) is 9.27. The molecule has 0 aliphatic rings. The summed E-state index contributed by atoms with van der Waals surface area (Å²) in [5.74, 6) is -7.73. The number of esters is 1. The molecule has 2 aromatic carbocycles. The number of hydrogen-bond donors (Lipinski definition) is 2. The maximum absolute atomic E-state index is 13.6. The van der Waals surface area contributed by atoms with Crippen molar-refractivity contribution in [2.75, 3.05) is 11.9 Å². The fourth-order valence-corrected chi connectivity index (χ4v) is 2.32. The van der Waals surface area contributed by atoms with Crippen LogP contribution in [0.4, 0.5) is 23.2 Å². The van der Waals surface area contributed by atoms with E-state index in [1.165, 1.54) is 32.9 Å². The van der Waals surface area contributed by atoms with Crippen LogP contribution in [-0.2, 0) is 19.1 Å². The molecule has 0 saturated heterocycles. The Morgan fingerprint density at radius 3 is 2.22 bits per heavy atom. The van der Waals surface area contributed by atoms with Gasteiger partial charge in [0.1, 0.15) is 11.6 Å². The van der Waals surface area contributed by atoms with Gasteiger partial charge in [0.2, 0.25) is 5.91 Å². The molecule has 172 valence electrons.